The van der Waals surface area contributed by atoms with Gasteiger partial charge in [0.15, 0.2) is 11.5 Å². The van der Waals surface area contributed by atoms with E-state index < -0.39 is 0 Å². The van der Waals surface area contributed by atoms with Crippen LogP contribution in [0.2, 0.25) is 5.02 Å². The van der Waals surface area contributed by atoms with Crippen LogP contribution in [-0.4, -0.2) is 19.7 Å². The summed E-state index contributed by atoms with van der Waals surface area (Å²) in [4.78, 5) is 11.4. The molecule has 0 unspecified atom stereocenters. The highest BCUT2D eigenvalue weighted by molar-refractivity contribution is 14.1. The van der Waals surface area contributed by atoms with Gasteiger partial charge in [-0.15, -0.1) is 0 Å². The summed E-state index contributed by atoms with van der Waals surface area (Å²) in [6.07, 6.45) is 3.07. The van der Waals surface area contributed by atoms with Gasteiger partial charge in [0.2, 0.25) is 0 Å². The lowest BCUT2D eigenvalue weighted by Gasteiger charge is -2.14. The molecule has 0 aliphatic carbocycles. The largest absolute Gasteiger partial charge is 0.493 e. The Bertz CT molecular complexity index is 774. The van der Waals surface area contributed by atoms with Gasteiger partial charge in [-0.25, -0.2) is 4.79 Å². The second kappa shape index (κ2) is 9.68. The first-order chi connectivity index (χ1) is 12.0. The van der Waals surface area contributed by atoms with Gasteiger partial charge in [-0.1, -0.05) is 29.8 Å². The second-order valence-electron chi connectivity index (χ2n) is 5.00. The topological polar surface area (TPSA) is 44.8 Å². The number of benzene rings is 2. The Hall–Kier alpha value is -1.73. The van der Waals surface area contributed by atoms with Gasteiger partial charge < -0.3 is 14.2 Å². The van der Waals surface area contributed by atoms with E-state index in [1.54, 1.807) is 26.2 Å². The Kier molecular flexibility index (Phi) is 7.58. The number of hydrogen-bond donors (Lipinski definition) is 0. The summed E-state index contributed by atoms with van der Waals surface area (Å²) in [5.74, 6) is 0.842. The summed E-state index contributed by atoms with van der Waals surface area (Å²) in [5, 5.41) is 0.658. The van der Waals surface area contributed by atoms with Crippen LogP contribution in [0.3, 0.4) is 0 Å². The van der Waals surface area contributed by atoms with Crippen molar-refractivity contribution in [2.75, 3.05) is 13.7 Å². The number of halogens is 2. The molecule has 0 aromatic heterocycles. The number of ether oxygens (including phenoxy) is 3. The van der Waals surface area contributed by atoms with Gasteiger partial charge in [-0.05, 0) is 59.4 Å². The molecule has 0 saturated heterocycles. The fraction of sp³-hybridized carbons (Fsp3) is 0.211. The highest BCUT2D eigenvalue weighted by atomic mass is 127. The van der Waals surface area contributed by atoms with E-state index in [0.29, 0.717) is 29.7 Å². The molecule has 0 spiro atoms. The average molecular weight is 473 g/mol. The molecule has 25 heavy (non-hydrogen) atoms. The number of carbonyl (C=O) groups excluding carboxylic acids is 1. The van der Waals surface area contributed by atoms with Crippen molar-refractivity contribution in [2.45, 2.75) is 13.5 Å². The molecule has 2 aromatic rings. The van der Waals surface area contributed by atoms with Crippen LogP contribution in [0.25, 0.3) is 6.08 Å². The molecule has 0 N–H and O–H groups in total. The van der Waals surface area contributed by atoms with Crippen molar-refractivity contribution >= 4 is 46.2 Å². The van der Waals surface area contributed by atoms with Crippen LogP contribution >= 0.6 is 34.2 Å². The average Bonchev–Trinajstić information content (AvgIpc) is 2.60. The van der Waals surface area contributed by atoms with Crippen LogP contribution in [0.1, 0.15) is 18.1 Å². The third kappa shape index (κ3) is 5.64. The third-order valence-corrected chi connectivity index (χ3v) is 4.45. The van der Waals surface area contributed by atoms with E-state index >= 15 is 0 Å². The fourth-order valence-corrected chi connectivity index (χ4v) is 3.07. The molecule has 0 fully saturated rings. The lowest BCUT2D eigenvalue weighted by molar-refractivity contribution is -0.137. The molecule has 0 heterocycles. The zero-order valence-electron chi connectivity index (χ0n) is 13.9. The quantitative estimate of drug-likeness (QED) is 0.319. The van der Waals surface area contributed by atoms with E-state index in [2.05, 4.69) is 22.6 Å². The molecule has 2 rings (SSSR count). The molecule has 0 bridgehead atoms. The molecule has 6 heteroatoms. The minimum absolute atomic E-state index is 0.337. The van der Waals surface area contributed by atoms with Crippen molar-refractivity contribution in [1.82, 2.24) is 0 Å². The van der Waals surface area contributed by atoms with E-state index in [9.17, 15) is 4.79 Å². The van der Waals surface area contributed by atoms with Crippen molar-refractivity contribution in [3.63, 3.8) is 0 Å². The number of hydrogen-bond acceptors (Lipinski definition) is 4. The third-order valence-electron chi connectivity index (χ3n) is 3.28. The lowest BCUT2D eigenvalue weighted by atomic mass is 10.2. The predicted molar refractivity (Wildman–Crippen MR) is 107 cm³/mol. The van der Waals surface area contributed by atoms with E-state index in [1.807, 2.05) is 30.3 Å². The molecule has 2 aromatic carbocycles. The maximum Gasteiger partial charge on any atom is 0.330 e. The summed E-state index contributed by atoms with van der Waals surface area (Å²) in [5.41, 5.74) is 1.72. The van der Waals surface area contributed by atoms with Gasteiger partial charge in [-0.3, -0.25) is 0 Å². The summed E-state index contributed by atoms with van der Waals surface area (Å²) < 4.78 is 17.1. The standard InChI is InChI=1S/C19H18ClIO4/c1-3-24-18(22)9-8-13-10-16(21)19(17(11-13)23-2)25-12-14-6-4-5-7-15(14)20/h4-11H,3,12H2,1-2H3/b9-8+. The predicted octanol–water partition coefficient (Wildman–Crippen LogP) is 5.11. The minimum Gasteiger partial charge on any atom is -0.493 e. The van der Waals surface area contributed by atoms with E-state index in [4.69, 9.17) is 25.8 Å². The van der Waals surface area contributed by atoms with Gasteiger partial charge in [-0.2, -0.15) is 0 Å². The van der Waals surface area contributed by atoms with Crippen LogP contribution in [0, 0.1) is 3.57 Å². The Morgan fingerprint density at radius 3 is 2.72 bits per heavy atom. The molecule has 0 aliphatic rings. The van der Waals surface area contributed by atoms with E-state index in [-0.39, 0.29) is 5.97 Å². The summed E-state index contributed by atoms with van der Waals surface area (Å²) in [6.45, 7) is 2.45. The van der Waals surface area contributed by atoms with Crippen molar-refractivity contribution < 1.29 is 19.0 Å². The summed E-state index contributed by atoms with van der Waals surface area (Å²) >= 11 is 8.33. The van der Waals surface area contributed by atoms with Crippen LogP contribution in [0.5, 0.6) is 11.5 Å². The Balaban J connectivity index is 2.19. The Morgan fingerprint density at radius 2 is 2.04 bits per heavy atom. The zero-order chi connectivity index (χ0) is 18.2. The van der Waals surface area contributed by atoms with Gasteiger partial charge in [0.05, 0.1) is 17.3 Å². The molecule has 0 atom stereocenters. The number of carbonyl (C=O) groups is 1. The first kappa shape index (κ1) is 19.6. The molecule has 0 saturated carbocycles. The van der Waals surface area contributed by atoms with Gasteiger partial charge in [0.25, 0.3) is 0 Å². The van der Waals surface area contributed by atoms with E-state index in [1.165, 1.54) is 6.08 Å². The highest BCUT2D eigenvalue weighted by Crippen LogP contribution is 2.35. The monoisotopic (exact) mass is 472 g/mol. The molecule has 0 aliphatic heterocycles. The molecule has 0 amide bonds. The van der Waals surface area contributed by atoms with Crippen molar-refractivity contribution in [2.24, 2.45) is 0 Å². The molecule has 4 nitrogen and oxygen atoms in total. The molecule has 0 radical (unpaired) electrons. The minimum atomic E-state index is -0.379. The lowest BCUT2D eigenvalue weighted by Crippen LogP contribution is -2.01. The van der Waals surface area contributed by atoms with E-state index in [0.717, 1.165) is 14.7 Å². The number of rotatable bonds is 7. The molecular formula is C19H18ClIO4. The van der Waals surface area contributed by atoms with Gasteiger partial charge in [0.1, 0.15) is 6.61 Å². The van der Waals surface area contributed by atoms with Crippen molar-refractivity contribution in [1.29, 1.82) is 0 Å². The maximum absolute atomic E-state index is 11.4. The molecular weight excluding hydrogens is 455 g/mol. The van der Waals surface area contributed by atoms with Crippen LogP contribution in [0.15, 0.2) is 42.5 Å². The Labute approximate surface area is 165 Å². The summed E-state index contributed by atoms with van der Waals surface area (Å²) in [7, 11) is 1.58. The van der Waals surface area contributed by atoms with Crippen LogP contribution < -0.4 is 9.47 Å². The van der Waals surface area contributed by atoms with Crippen LogP contribution in [-0.2, 0) is 16.1 Å². The summed E-state index contributed by atoms with van der Waals surface area (Å²) in [6, 6.07) is 11.2. The first-order valence-corrected chi connectivity index (χ1v) is 9.09. The first-order valence-electron chi connectivity index (χ1n) is 7.63. The number of esters is 1. The fourth-order valence-electron chi connectivity index (χ4n) is 2.10. The van der Waals surface area contributed by atoms with Gasteiger partial charge >= 0.3 is 5.97 Å². The zero-order valence-corrected chi connectivity index (χ0v) is 16.8. The highest BCUT2D eigenvalue weighted by Gasteiger charge is 2.12. The smallest absolute Gasteiger partial charge is 0.330 e. The normalized spacial score (nSPS) is 10.7. The second-order valence-corrected chi connectivity index (χ2v) is 6.57. The van der Waals surface area contributed by atoms with Gasteiger partial charge in [0, 0.05) is 16.7 Å². The van der Waals surface area contributed by atoms with Crippen molar-refractivity contribution in [3.05, 3.63) is 62.2 Å². The Morgan fingerprint density at radius 1 is 1.28 bits per heavy atom. The molecule has 132 valence electrons. The SMILES string of the molecule is CCOC(=O)/C=C/c1cc(I)c(OCc2ccccc2Cl)c(OC)c1. The van der Waals surface area contributed by atoms with Crippen molar-refractivity contribution in [3.8, 4) is 11.5 Å². The maximum atomic E-state index is 11.4. The number of methoxy groups -OCH3 is 1. The van der Waals surface area contributed by atoms with Crippen LogP contribution in [0.4, 0.5) is 0 Å².